The summed E-state index contributed by atoms with van der Waals surface area (Å²) in [6.07, 6.45) is 63.1. The summed E-state index contributed by atoms with van der Waals surface area (Å²) in [6.45, 7) is 4.59. The van der Waals surface area contributed by atoms with Crippen LogP contribution in [0.15, 0.2) is 97.2 Å². The number of ether oxygens (including phenoxy) is 4. The van der Waals surface area contributed by atoms with Crippen molar-refractivity contribution in [1.82, 2.24) is 0 Å². The second-order valence-electron chi connectivity index (χ2n) is 18.8. The van der Waals surface area contributed by atoms with Crippen LogP contribution in [0.1, 0.15) is 200 Å². The summed E-state index contributed by atoms with van der Waals surface area (Å²) in [7, 11) is 5.90. The Morgan fingerprint density at radius 1 is 0.456 bits per heavy atom. The van der Waals surface area contributed by atoms with Crippen molar-refractivity contribution in [3.63, 3.8) is 0 Å². The average molecular weight is 950 g/mol. The van der Waals surface area contributed by atoms with Gasteiger partial charge < -0.3 is 33.3 Å². The van der Waals surface area contributed by atoms with E-state index in [1.54, 1.807) is 0 Å². The van der Waals surface area contributed by atoms with Gasteiger partial charge in [0, 0.05) is 12.8 Å². The van der Waals surface area contributed by atoms with Crippen LogP contribution in [0, 0.1) is 0 Å². The fourth-order valence-electron chi connectivity index (χ4n) is 6.96. The Morgan fingerprint density at radius 3 is 1.25 bits per heavy atom. The van der Waals surface area contributed by atoms with Gasteiger partial charge in [-0.1, -0.05) is 207 Å². The van der Waals surface area contributed by atoms with Crippen molar-refractivity contribution in [3.8, 4) is 0 Å². The topological polar surface area (TPSA) is 111 Å². The molecule has 388 valence electrons. The normalized spacial score (nSPS) is 13.6. The van der Waals surface area contributed by atoms with Gasteiger partial charge in [0.05, 0.1) is 40.3 Å². The van der Waals surface area contributed by atoms with E-state index in [2.05, 4.69) is 111 Å². The molecule has 0 N–H and O–H groups in total. The molecule has 0 fully saturated rings. The number of esters is 2. The third-order valence-corrected chi connectivity index (χ3v) is 11.1. The van der Waals surface area contributed by atoms with Gasteiger partial charge in [0.1, 0.15) is 13.2 Å². The quantitative estimate of drug-likeness (QED) is 0.0195. The number of hydrogen-bond acceptors (Lipinski definition) is 8. The fourth-order valence-corrected chi connectivity index (χ4v) is 6.96. The van der Waals surface area contributed by atoms with Gasteiger partial charge in [0.15, 0.2) is 12.4 Å². The zero-order valence-corrected chi connectivity index (χ0v) is 43.9. The van der Waals surface area contributed by atoms with E-state index >= 15 is 0 Å². The molecule has 0 heterocycles. The Labute approximate surface area is 416 Å². The molecule has 0 saturated heterocycles. The van der Waals surface area contributed by atoms with Gasteiger partial charge in [-0.25, -0.2) is 0 Å². The molecule has 0 aromatic carbocycles. The Morgan fingerprint density at radius 2 is 0.838 bits per heavy atom. The summed E-state index contributed by atoms with van der Waals surface area (Å²) in [5.74, 6) is -2.30. The second kappa shape index (κ2) is 49.6. The van der Waals surface area contributed by atoms with Crippen molar-refractivity contribution in [2.24, 2.45) is 0 Å². The molecule has 0 aliphatic rings. The largest absolute Gasteiger partial charge is 0.545 e. The molecular weight excluding hydrogens is 851 g/mol. The molecule has 68 heavy (non-hydrogen) atoms. The van der Waals surface area contributed by atoms with E-state index in [4.69, 9.17) is 18.9 Å². The Bertz CT molecular complexity index is 1430. The predicted molar refractivity (Wildman–Crippen MR) is 283 cm³/mol. The first kappa shape index (κ1) is 64.2. The predicted octanol–water partition coefficient (Wildman–Crippen LogP) is 14.1. The number of hydrogen-bond donors (Lipinski definition) is 0. The molecule has 2 unspecified atom stereocenters. The molecule has 0 bridgehead atoms. The van der Waals surface area contributed by atoms with Crippen LogP contribution >= 0.6 is 0 Å². The minimum atomic E-state index is -1.63. The fraction of sp³-hybridized carbons (Fsp3) is 0.678. The van der Waals surface area contributed by atoms with Crippen LogP contribution < -0.4 is 5.11 Å². The van der Waals surface area contributed by atoms with E-state index in [1.165, 1.54) is 70.6 Å². The maximum absolute atomic E-state index is 12.8. The summed E-state index contributed by atoms with van der Waals surface area (Å²) in [5.41, 5.74) is 0. The molecule has 0 radical (unpaired) electrons. The van der Waals surface area contributed by atoms with Crippen molar-refractivity contribution >= 4 is 17.9 Å². The van der Waals surface area contributed by atoms with Gasteiger partial charge in [-0.3, -0.25) is 9.59 Å². The number of carbonyl (C=O) groups is 3. The van der Waals surface area contributed by atoms with Crippen molar-refractivity contribution in [3.05, 3.63) is 97.2 Å². The molecule has 9 heteroatoms. The van der Waals surface area contributed by atoms with E-state index in [9.17, 15) is 19.5 Å². The lowest BCUT2D eigenvalue weighted by Gasteiger charge is -2.26. The summed E-state index contributed by atoms with van der Waals surface area (Å²) in [4.78, 5) is 37.0. The lowest BCUT2D eigenvalue weighted by molar-refractivity contribution is -0.870. The van der Waals surface area contributed by atoms with Crippen LogP contribution in [0.25, 0.3) is 0 Å². The van der Waals surface area contributed by atoms with Crippen LogP contribution in [0.3, 0.4) is 0 Å². The van der Waals surface area contributed by atoms with E-state index in [1.807, 2.05) is 21.1 Å². The zero-order valence-electron chi connectivity index (χ0n) is 43.9. The molecule has 0 spiro atoms. The number of quaternary nitrogens is 1. The van der Waals surface area contributed by atoms with Gasteiger partial charge in [0.2, 0.25) is 0 Å². The third kappa shape index (κ3) is 50.1. The third-order valence-electron chi connectivity index (χ3n) is 11.1. The molecular formula is C59H99NO8. The van der Waals surface area contributed by atoms with E-state index in [0.29, 0.717) is 17.4 Å². The maximum Gasteiger partial charge on any atom is 0.306 e. The van der Waals surface area contributed by atoms with Crippen molar-refractivity contribution in [2.45, 2.75) is 212 Å². The highest BCUT2D eigenvalue weighted by Gasteiger charge is 2.22. The standard InChI is InChI=1S/C59H99NO8/c1-6-8-10-12-14-16-18-19-20-21-22-23-24-25-26-27-28-29-30-31-32-33-34-35-36-37-38-39-40-42-44-46-48-50-57(62)68-55(54-67-59(58(63)64)65-52-51-60(3,4)5)53-66-56(61)49-47-45-43-41-17-15-13-11-9-7-2/h8,10,14,16,19-20,22-23,25-26,28-29,31-32,34-35,55,59H,6-7,9,11-13,15,17-18,21,24,27,30,33,36-54H2,1-5H3/b10-8-,16-14-,20-19-,23-22-,26-25-,29-28-,32-31-,35-34-. The highest BCUT2D eigenvalue weighted by Crippen LogP contribution is 2.14. The lowest BCUT2D eigenvalue weighted by Crippen LogP contribution is -2.44. The van der Waals surface area contributed by atoms with Crippen molar-refractivity contribution in [1.29, 1.82) is 0 Å². The first-order valence-corrected chi connectivity index (χ1v) is 26.9. The van der Waals surface area contributed by atoms with E-state index < -0.39 is 24.3 Å². The van der Waals surface area contributed by atoms with Gasteiger partial charge in [0.25, 0.3) is 0 Å². The molecule has 0 aromatic rings. The number of likely N-dealkylation sites (N-methyl/N-ethyl adjacent to an activating group) is 1. The van der Waals surface area contributed by atoms with Gasteiger partial charge in [-0.15, -0.1) is 0 Å². The molecule has 0 saturated carbocycles. The number of carboxylic acid groups (broad SMARTS) is 1. The summed E-state index contributed by atoms with van der Waals surface area (Å²) in [6, 6.07) is 0. The van der Waals surface area contributed by atoms with Crippen LogP contribution in [-0.4, -0.2) is 82.3 Å². The SMILES string of the molecule is CC/C=C\C/C=C\C/C=C\C/C=C\C/C=C\C/C=C\C/C=C\C/C=C\CCCCCCCCCCC(=O)OC(COC(=O)CCCCCCCCCCCC)COC(OCC[N+](C)(C)C)C(=O)[O-]. The second-order valence-corrected chi connectivity index (χ2v) is 18.8. The van der Waals surface area contributed by atoms with E-state index in [-0.39, 0.29) is 38.6 Å². The lowest BCUT2D eigenvalue weighted by atomic mass is 10.1. The molecule has 0 aliphatic carbocycles. The van der Waals surface area contributed by atoms with E-state index in [0.717, 1.165) is 96.3 Å². The van der Waals surface area contributed by atoms with Crippen LogP contribution in [0.4, 0.5) is 0 Å². The average Bonchev–Trinajstić information content (AvgIpc) is 3.30. The zero-order chi connectivity index (χ0) is 49.9. The molecule has 0 aliphatic heterocycles. The minimum Gasteiger partial charge on any atom is -0.545 e. The highest BCUT2D eigenvalue weighted by atomic mass is 16.7. The van der Waals surface area contributed by atoms with Crippen molar-refractivity contribution in [2.75, 3.05) is 47.5 Å². The molecule has 0 amide bonds. The number of rotatable bonds is 48. The van der Waals surface area contributed by atoms with Crippen LogP contribution in [0.5, 0.6) is 0 Å². The highest BCUT2D eigenvalue weighted by molar-refractivity contribution is 5.70. The molecule has 0 rings (SSSR count). The number of unbranched alkanes of at least 4 members (excludes halogenated alkanes) is 17. The monoisotopic (exact) mass is 950 g/mol. The number of carboxylic acids is 1. The Kier molecular flexibility index (Phi) is 46.9. The molecule has 2 atom stereocenters. The molecule has 0 aromatic heterocycles. The molecule has 9 nitrogen and oxygen atoms in total. The number of allylic oxidation sites excluding steroid dienone is 16. The van der Waals surface area contributed by atoms with Crippen LogP contribution in [-0.2, 0) is 33.3 Å². The van der Waals surface area contributed by atoms with Crippen molar-refractivity contribution < 1.29 is 42.9 Å². The van der Waals surface area contributed by atoms with Gasteiger partial charge >= 0.3 is 11.9 Å². The summed E-state index contributed by atoms with van der Waals surface area (Å²) < 4.78 is 22.6. The Hall–Kier alpha value is -3.79. The van der Waals surface area contributed by atoms with Gasteiger partial charge in [-0.2, -0.15) is 0 Å². The first-order valence-electron chi connectivity index (χ1n) is 26.9. The summed E-state index contributed by atoms with van der Waals surface area (Å²) in [5, 5.41) is 11.7. The number of nitrogens with zero attached hydrogens (tertiary/aromatic N) is 1. The number of aliphatic carboxylic acids is 1. The minimum absolute atomic E-state index is 0.142. The van der Waals surface area contributed by atoms with Gasteiger partial charge in [-0.05, 0) is 77.0 Å². The summed E-state index contributed by atoms with van der Waals surface area (Å²) >= 11 is 0. The van der Waals surface area contributed by atoms with Crippen LogP contribution in [0.2, 0.25) is 0 Å². The smallest absolute Gasteiger partial charge is 0.306 e. The first-order chi connectivity index (χ1) is 33.1. The maximum atomic E-state index is 12.8. The Balaban J connectivity index is 4.21. The number of carbonyl (C=O) groups excluding carboxylic acids is 3.